The van der Waals surface area contributed by atoms with Gasteiger partial charge in [0.25, 0.3) is 5.91 Å². The van der Waals surface area contributed by atoms with E-state index in [4.69, 9.17) is 4.74 Å². The van der Waals surface area contributed by atoms with Crippen molar-refractivity contribution < 1.29 is 14.3 Å². The van der Waals surface area contributed by atoms with Crippen molar-refractivity contribution >= 4 is 11.9 Å². The van der Waals surface area contributed by atoms with Crippen LogP contribution in [0, 0.1) is 0 Å². The molecule has 0 aliphatic carbocycles. The van der Waals surface area contributed by atoms with E-state index in [0.717, 1.165) is 11.4 Å². The second kappa shape index (κ2) is 8.11. The number of nitrogens with one attached hydrogen (secondary N) is 1. The van der Waals surface area contributed by atoms with Crippen LogP contribution in [0.3, 0.4) is 0 Å². The summed E-state index contributed by atoms with van der Waals surface area (Å²) in [7, 11) is 3.49. The second-order valence-electron chi connectivity index (χ2n) is 6.74. The number of benzene rings is 1. The molecule has 8 heteroatoms. The van der Waals surface area contributed by atoms with Crippen molar-refractivity contribution in [1.82, 2.24) is 24.9 Å². The molecule has 0 saturated heterocycles. The summed E-state index contributed by atoms with van der Waals surface area (Å²) in [6, 6.07) is 11.2. The van der Waals surface area contributed by atoms with Gasteiger partial charge in [-0.2, -0.15) is 5.10 Å². The van der Waals surface area contributed by atoms with Crippen LogP contribution in [0.4, 0.5) is 4.79 Å². The summed E-state index contributed by atoms with van der Waals surface area (Å²) in [6.45, 7) is 3.83. The highest BCUT2D eigenvalue weighted by Crippen LogP contribution is 2.15. The third-order valence-electron chi connectivity index (χ3n) is 4.37. The van der Waals surface area contributed by atoms with E-state index in [0.29, 0.717) is 31.9 Å². The number of carbonyl (C=O) groups is 2. The molecule has 0 spiro atoms. The molecule has 27 heavy (non-hydrogen) atoms. The minimum Gasteiger partial charge on any atom is -0.481 e. The van der Waals surface area contributed by atoms with E-state index in [2.05, 4.69) is 10.4 Å². The number of hydrogen-bond acceptors (Lipinski definition) is 4. The van der Waals surface area contributed by atoms with E-state index in [9.17, 15) is 9.59 Å². The van der Waals surface area contributed by atoms with Crippen LogP contribution in [-0.4, -0.2) is 58.3 Å². The van der Waals surface area contributed by atoms with E-state index in [1.807, 2.05) is 41.1 Å². The quantitative estimate of drug-likeness (QED) is 0.863. The van der Waals surface area contributed by atoms with Gasteiger partial charge in [-0.05, 0) is 25.1 Å². The summed E-state index contributed by atoms with van der Waals surface area (Å²) >= 11 is 0. The lowest BCUT2D eigenvalue weighted by atomic mass is 10.3. The largest absolute Gasteiger partial charge is 0.481 e. The number of aromatic nitrogens is 2. The maximum absolute atomic E-state index is 12.3. The fourth-order valence-corrected chi connectivity index (χ4v) is 2.94. The lowest BCUT2D eigenvalue weighted by Gasteiger charge is -2.29. The minimum absolute atomic E-state index is 0.0100. The van der Waals surface area contributed by atoms with Gasteiger partial charge in [0.15, 0.2) is 6.10 Å². The van der Waals surface area contributed by atoms with Crippen LogP contribution in [0.25, 0.3) is 0 Å². The van der Waals surface area contributed by atoms with Crippen LogP contribution in [0.15, 0.2) is 36.4 Å². The molecule has 3 amide bonds. The number of nitrogens with zero attached hydrogens (tertiary/aromatic N) is 4. The topological polar surface area (TPSA) is 79.7 Å². The predicted molar refractivity (Wildman–Crippen MR) is 100 cm³/mol. The van der Waals surface area contributed by atoms with Crippen molar-refractivity contribution in [2.24, 2.45) is 0 Å². The zero-order valence-electron chi connectivity index (χ0n) is 15.9. The average Bonchev–Trinajstić information content (AvgIpc) is 3.08. The van der Waals surface area contributed by atoms with Gasteiger partial charge >= 0.3 is 6.03 Å². The number of carbonyl (C=O) groups excluding carboxylic acids is 2. The summed E-state index contributed by atoms with van der Waals surface area (Å²) in [5.41, 5.74) is 1.73. The van der Waals surface area contributed by atoms with Crippen molar-refractivity contribution in [2.75, 3.05) is 20.6 Å². The molecule has 1 aliphatic rings. The smallest absolute Gasteiger partial charge is 0.319 e. The van der Waals surface area contributed by atoms with E-state index >= 15 is 0 Å². The number of hydrogen-bond donors (Lipinski definition) is 1. The summed E-state index contributed by atoms with van der Waals surface area (Å²) < 4.78 is 7.52. The number of amides is 3. The standard InChI is InChI=1S/C19H25N5O3/c1-14(27-17-7-5-4-6-8-17)18(25)20-12-15-11-16-13-23(19(26)22(2)3)9-10-24(16)21-15/h4-8,11,14H,9-10,12-13H2,1-3H3,(H,20,25)/t14-/m0/s1. The van der Waals surface area contributed by atoms with Crippen molar-refractivity contribution in [3.8, 4) is 5.75 Å². The van der Waals surface area contributed by atoms with Gasteiger partial charge < -0.3 is 19.9 Å². The molecule has 0 saturated carbocycles. The molecule has 0 radical (unpaired) electrons. The molecule has 1 aliphatic heterocycles. The fraction of sp³-hybridized carbons (Fsp3) is 0.421. The summed E-state index contributed by atoms with van der Waals surface area (Å²) in [5.74, 6) is 0.456. The lowest BCUT2D eigenvalue weighted by molar-refractivity contribution is -0.127. The van der Waals surface area contributed by atoms with E-state index < -0.39 is 6.10 Å². The first-order chi connectivity index (χ1) is 12.9. The van der Waals surface area contributed by atoms with E-state index in [1.165, 1.54) is 0 Å². The van der Waals surface area contributed by atoms with Crippen LogP contribution in [0.2, 0.25) is 0 Å². The Labute approximate surface area is 158 Å². The Bertz CT molecular complexity index is 803. The SMILES string of the molecule is C[C@H](Oc1ccccc1)C(=O)NCc1cc2n(n1)CCN(C(=O)N(C)C)C2. The molecular formula is C19H25N5O3. The Morgan fingerprint density at radius 3 is 2.70 bits per heavy atom. The van der Waals surface area contributed by atoms with Crippen LogP contribution in [0.5, 0.6) is 5.75 Å². The Kier molecular flexibility index (Phi) is 5.63. The van der Waals surface area contributed by atoms with Crippen LogP contribution < -0.4 is 10.1 Å². The zero-order valence-corrected chi connectivity index (χ0v) is 15.9. The Morgan fingerprint density at radius 1 is 1.26 bits per heavy atom. The van der Waals surface area contributed by atoms with Gasteiger partial charge in [0.05, 0.1) is 31.0 Å². The summed E-state index contributed by atoms with van der Waals surface area (Å²) in [5, 5.41) is 7.37. The Morgan fingerprint density at radius 2 is 2.00 bits per heavy atom. The Hall–Kier alpha value is -3.03. The van der Waals surface area contributed by atoms with Crippen LogP contribution in [0.1, 0.15) is 18.3 Å². The van der Waals surface area contributed by atoms with Crippen molar-refractivity contribution in [1.29, 1.82) is 0 Å². The number of rotatable bonds is 5. The molecule has 3 rings (SSSR count). The molecular weight excluding hydrogens is 346 g/mol. The molecule has 0 bridgehead atoms. The number of para-hydroxylation sites is 1. The zero-order chi connectivity index (χ0) is 19.4. The molecule has 1 N–H and O–H groups in total. The predicted octanol–water partition coefficient (Wildman–Crippen LogP) is 1.46. The average molecular weight is 371 g/mol. The monoisotopic (exact) mass is 371 g/mol. The summed E-state index contributed by atoms with van der Waals surface area (Å²) in [6.07, 6.45) is -0.599. The summed E-state index contributed by atoms with van der Waals surface area (Å²) in [4.78, 5) is 27.7. The third kappa shape index (κ3) is 4.58. The molecule has 2 aromatic rings. The first-order valence-corrected chi connectivity index (χ1v) is 8.95. The van der Waals surface area contributed by atoms with Crippen molar-refractivity contribution in [3.63, 3.8) is 0 Å². The maximum atomic E-state index is 12.3. The van der Waals surface area contributed by atoms with E-state index in [1.54, 1.807) is 30.8 Å². The normalized spacial score (nSPS) is 14.3. The molecule has 144 valence electrons. The third-order valence-corrected chi connectivity index (χ3v) is 4.37. The molecule has 8 nitrogen and oxygen atoms in total. The van der Waals surface area contributed by atoms with E-state index in [-0.39, 0.29) is 11.9 Å². The second-order valence-corrected chi connectivity index (χ2v) is 6.74. The number of fused-ring (bicyclic) bond motifs is 1. The highest BCUT2D eigenvalue weighted by Gasteiger charge is 2.23. The molecule has 2 heterocycles. The van der Waals surface area contributed by atoms with Gasteiger partial charge in [-0.3, -0.25) is 9.48 Å². The molecule has 0 fully saturated rings. The molecule has 0 unspecified atom stereocenters. The van der Waals surface area contributed by atoms with Crippen molar-refractivity contribution in [3.05, 3.63) is 47.8 Å². The maximum Gasteiger partial charge on any atom is 0.319 e. The van der Waals surface area contributed by atoms with Gasteiger partial charge in [-0.25, -0.2) is 4.79 Å². The van der Waals surface area contributed by atoms with Gasteiger partial charge in [-0.1, -0.05) is 18.2 Å². The molecule has 1 aromatic heterocycles. The highest BCUT2D eigenvalue weighted by atomic mass is 16.5. The Balaban J connectivity index is 1.54. The highest BCUT2D eigenvalue weighted by molar-refractivity contribution is 5.80. The van der Waals surface area contributed by atoms with Crippen LogP contribution in [-0.2, 0) is 24.4 Å². The minimum atomic E-state index is -0.599. The van der Waals surface area contributed by atoms with Crippen molar-refractivity contribution in [2.45, 2.75) is 32.7 Å². The lowest BCUT2D eigenvalue weighted by Crippen LogP contribution is -2.43. The first kappa shape index (κ1) is 18.8. The molecule has 1 aromatic carbocycles. The van der Waals surface area contributed by atoms with Gasteiger partial charge in [0.1, 0.15) is 5.75 Å². The van der Waals surface area contributed by atoms with Gasteiger partial charge in [-0.15, -0.1) is 0 Å². The number of ether oxygens (including phenoxy) is 1. The molecule has 1 atom stereocenters. The first-order valence-electron chi connectivity index (χ1n) is 8.95. The van der Waals surface area contributed by atoms with Crippen LogP contribution >= 0.6 is 0 Å². The fourth-order valence-electron chi connectivity index (χ4n) is 2.94. The van der Waals surface area contributed by atoms with Gasteiger partial charge in [0.2, 0.25) is 0 Å². The van der Waals surface area contributed by atoms with Gasteiger partial charge in [0, 0.05) is 20.6 Å². The number of urea groups is 1.